The second kappa shape index (κ2) is 37.8. The molecule has 0 spiro atoms. The SMILES string of the molecule is CCc1c[nH]c2ccc(F)cc12.CCc1cc(F)cc(F)c1.CCc1ccc(F)cc1F.Cc1c[nH]c2ccc(F)cc12.Cc1cc(C)nc(N2CCOCC2)c1.Cc1cccc(C)c1C.Cc1ccnc(N2CCCCC2)c1.Cc1ccnc(N2CCOCC2)c1. The summed E-state index contributed by atoms with van der Waals surface area (Å²) < 4.78 is 85.7. The van der Waals surface area contributed by atoms with Gasteiger partial charge in [0.25, 0.3) is 0 Å². The summed E-state index contributed by atoms with van der Waals surface area (Å²) in [5, 5.41) is 1.96. The van der Waals surface area contributed by atoms with Crippen molar-refractivity contribution in [3.8, 4) is 0 Å². The largest absolute Gasteiger partial charge is 0.378 e. The third kappa shape index (κ3) is 24.0. The van der Waals surface area contributed by atoms with E-state index in [4.69, 9.17) is 9.47 Å². The highest BCUT2D eigenvalue weighted by Crippen LogP contribution is 2.22. The standard InChI is InChI=1S/C11H16N2O.C11H16N2.C10H10FN.C10H14N2O.C9H8FN.C9H12.2C8H8F2/c1-9-7-10(2)12-11(8-9)13-3-5-14-6-4-13;1-10-5-6-12-11(9-10)13-7-3-2-4-8-13;1-2-7-6-12-10-4-3-8(11)5-9(7)10;1-9-2-3-11-10(8-9)12-4-6-13-7-5-12;1-6-5-11-9-3-2-7(10)4-8(6)9;1-7-5-4-6-8(2)9(7)3;1-2-6-3-7(9)5-8(10)4-6;1-2-6-3-4-7(9)5-8(6)10/h7-8H,3-6H2,1-2H3;5-6,9H,2-4,7-8H2,1H3;3-6,12H,2H2,1H3;2-3,8H,4-7H2,1H3;2-5,11H,1H3;4-6H,1-3H3;2*3-5H,2H2,1H3. The lowest BCUT2D eigenvalue weighted by atomic mass is 10.1. The number of hydrogen-bond donors (Lipinski definition) is 2. The van der Waals surface area contributed by atoms with Gasteiger partial charge in [0.05, 0.1) is 26.4 Å². The molecule has 490 valence electrons. The minimum atomic E-state index is -0.519. The smallest absolute Gasteiger partial charge is 0.129 e. The molecule has 0 radical (unpaired) electrons. The van der Waals surface area contributed by atoms with Gasteiger partial charge in [0.1, 0.15) is 52.4 Å². The van der Waals surface area contributed by atoms with Gasteiger partial charge in [-0.05, 0) is 241 Å². The zero-order valence-corrected chi connectivity index (χ0v) is 55.5. The van der Waals surface area contributed by atoms with Gasteiger partial charge in [-0.3, -0.25) is 0 Å². The van der Waals surface area contributed by atoms with Crippen LogP contribution < -0.4 is 14.7 Å². The average molecular weight is 1260 g/mol. The lowest BCUT2D eigenvalue weighted by Gasteiger charge is -2.28. The van der Waals surface area contributed by atoms with Gasteiger partial charge in [-0.25, -0.2) is 41.3 Å². The lowest BCUT2D eigenvalue weighted by Crippen LogP contribution is -2.36. The van der Waals surface area contributed by atoms with Crippen molar-refractivity contribution >= 4 is 39.3 Å². The molecule has 3 fully saturated rings. The number of ether oxygens (including phenoxy) is 2. The zero-order chi connectivity index (χ0) is 66.5. The highest BCUT2D eigenvalue weighted by molar-refractivity contribution is 5.83. The van der Waals surface area contributed by atoms with Crippen molar-refractivity contribution in [1.29, 1.82) is 0 Å². The van der Waals surface area contributed by atoms with Gasteiger partial charge in [-0.15, -0.1) is 0 Å². The van der Waals surface area contributed by atoms with Crippen LogP contribution in [0.4, 0.5) is 43.8 Å². The van der Waals surface area contributed by atoms with E-state index in [-0.39, 0.29) is 11.6 Å². The number of halogens is 6. The van der Waals surface area contributed by atoms with E-state index in [2.05, 4.69) is 131 Å². The number of aryl methyl sites for hydroxylation is 10. The first-order chi connectivity index (χ1) is 44.2. The fraction of sp³-hybridized carbons (Fsp3) is 0.355. The molecule has 8 heterocycles. The Hall–Kier alpha value is -8.47. The third-order valence-corrected chi connectivity index (χ3v) is 15.8. The van der Waals surface area contributed by atoms with Crippen molar-refractivity contribution in [2.45, 2.75) is 115 Å². The van der Waals surface area contributed by atoms with Crippen LogP contribution in [0.1, 0.15) is 101 Å². The van der Waals surface area contributed by atoms with E-state index in [0.29, 0.717) is 24.0 Å². The summed E-state index contributed by atoms with van der Waals surface area (Å²) in [6.45, 7) is 31.9. The molecule has 0 atom stereocenters. The molecule has 5 aromatic carbocycles. The number of nitrogens with zero attached hydrogens (tertiary/aromatic N) is 6. The van der Waals surface area contributed by atoms with E-state index in [1.807, 2.05) is 64.6 Å². The van der Waals surface area contributed by atoms with Crippen molar-refractivity contribution < 1.29 is 35.8 Å². The van der Waals surface area contributed by atoms with Crippen molar-refractivity contribution in [2.75, 3.05) is 80.4 Å². The van der Waals surface area contributed by atoms with Crippen LogP contribution in [-0.2, 0) is 28.7 Å². The lowest BCUT2D eigenvalue weighted by molar-refractivity contribution is 0.122. The van der Waals surface area contributed by atoms with Gasteiger partial charge in [-0.1, -0.05) is 45.0 Å². The molecule has 2 N–H and O–H groups in total. The maximum atomic E-state index is 12.8. The van der Waals surface area contributed by atoms with Gasteiger partial charge in [-0.2, -0.15) is 0 Å². The Morgan fingerprint density at radius 1 is 0.413 bits per heavy atom. The summed E-state index contributed by atoms with van der Waals surface area (Å²) in [4.78, 5) is 26.3. The zero-order valence-electron chi connectivity index (χ0n) is 55.5. The normalized spacial score (nSPS) is 13.3. The number of fused-ring (bicyclic) bond motifs is 2. The van der Waals surface area contributed by atoms with Crippen molar-refractivity contribution in [3.63, 3.8) is 0 Å². The molecule has 0 bridgehead atoms. The summed E-state index contributed by atoms with van der Waals surface area (Å²) in [7, 11) is 0. The van der Waals surface area contributed by atoms with Gasteiger partial charge >= 0.3 is 0 Å². The predicted octanol–water partition coefficient (Wildman–Crippen LogP) is 18.3. The Morgan fingerprint density at radius 2 is 0.891 bits per heavy atom. The van der Waals surface area contributed by atoms with Gasteiger partial charge in [0.2, 0.25) is 0 Å². The van der Waals surface area contributed by atoms with E-state index in [9.17, 15) is 26.3 Å². The molecule has 92 heavy (non-hydrogen) atoms. The van der Waals surface area contributed by atoms with Gasteiger partial charge in [0, 0.05) is 104 Å². The molecule has 10 aromatic rings. The molecule has 0 amide bonds. The number of hydrogen-bond acceptors (Lipinski definition) is 8. The number of benzene rings is 5. The molecule has 3 aliphatic rings. The quantitative estimate of drug-likeness (QED) is 0.159. The first-order valence-electron chi connectivity index (χ1n) is 31.8. The Morgan fingerprint density at radius 3 is 1.39 bits per heavy atom. The summed E-state index contributed by atoms with van der Waals surface area (Å²) in [5.41, 5.74) is 14.6. The first-order valence-corrected chi connectivity index (χ1v) is 31.8. The maximum absolute atomic E-state index is 12.8. The molecule has 3 aliphatic heterocycles. The second-order valence-corrected chi connectivity index (χ2v) is 23.0. The van der Waals surface area contributed by atoms with Crippen LogP contribution in [0.25, 0.3) is 21.8 Å². The number of nitrogens with one attached hydrogen (secondary N) is 2. The van der Waals surface area contributed by atoms with E-state index >= 15 is 0 Å². The summed E-state index contributed by atoms with van der Waals surface area (Å²) in [6.07, 6.45) is 13.8. The Labute approximate surface area is 541 Å². The molecule has 0 saturated carbocycles. The van der Waals surface area contributed by atoms with Gasteiger partial charge in [0.15, 0.2) is 0 Å². The molecule has 5 aromatic heterocycles. The van der Waals surface area contributed by atoms with Crippen LogP contribution >= 0.6 is 0 Å². The number of rotatable bonds is 6. The fourth-order valence-corrected chi connectivity index (χ4v) is 10.3. The second-order valence-electron chi connectivity index (χ2n) is 23.0. The number of aromatic nitrogens is 5. The van der Waals surface area contributed by atoms with Crippen molar-refractivity contribution in [1.82, 2.24) is 24.9 Å². The fourth-order valence-electron chi connectivity index (χ4n) is 10.3. The van der Waals surface area contributed by atoms with Crippen molar-refractivity contribution in [2.24, 2.45) is 0 Å². The molecule has 0 aliphatic carbocycles. The van der Waals surface area contributed by atoms with Crippen LogP contribution in [0.5, 0.6) is 0 Å². The van der Waals surface area contributed by atoms with Crippen molar-refractivity contribution in [3.05, 3.63) is 248 Å². The Kier molecular flexibility index (Phi) is 29.8. The number of aromatic amines is 2. The number of anilines is 3. The monoisotopic (exact) mass is 1260 g/mol. The molecule has 16 heteroatoms. The highest BCUT2D eigenvalue weighted by atomic mass is 19.2. The number of pyridine rings is 3. The Balaban J connectivity index is 0.000000168. The van der Waals surface area contributed by atoms with E-state index in [1.165, 1.54) is 108 Å². The number of morpholine rings is 2. The number of H-pyrrole nitrogens is 2. The highest BCUT2D eigenvalue weighted by Gasteiger charge is 2.15. The van der Waals surface area contributed by atoms with Crippen LogP contribution in [0.2, 0.25) is 0 Å². The Bertz CT molecular complexity index is 3710. The molecule has 10 nitrogen and oxygen atoms in total. The molecule has 0 unspecified atom stereocenters. The number of piperidine rings is 1. The van der Waals surface area contributed by atoms with Crippen LogP contribution in [0.15, 0.2) is 152 Å². The van der Waals surface area contributed by atoms with E-state index < -0.39 is 23.3 Å². The minimum Gasteiger partial charge on any atom is -0.378 e. The average Bonchev–Trinajstić information content (AvgIpc) is 2.02. The molecular formula is C76H92F6N8O2. The third-order valence-electron chi connectivity index (χ3n) is 15.8. The topological polar surface area (TPSA) is 98.4 Å². The van der Waals surface area contributed by atoms with E-state index in [0.717, 1.165) is 122 Å². The van der Waals surface area contributed by atoms with E-state index in [1.54, 1.807) is 24.3 Å². The molecule has 3 saturated heterocycles. The summed E-state index contributed by atoms with van der Waals surface area (Å²) in [5.74, 6) is 0.983. The minimum absolute atomic E-state index is 0.170. The predicted molar refractivity (Wildman–Crippen MR) is 367 cm³/mol. The molecule has 13 rings (SSSR count). The molecular weight excluding hydrogens is 1170 g/mol. The van der Waals surface area contributed by atoms with Crippen LogP contribution in [-0.4, -0.2) is 90.6 Å². The summed E-state index contributed by atoms with van der Waals surface area (Å²) >= 11 is 0. The summed E-state index contributed by atoms with van der Waals surface area (Å²) in [6, 6.07) is 35.7. The first kappa shape index (κ1) is 72.6. The van der Waals surface area contributed by atoms with Gasteiger partial charge < -0.3 is 34.1 Å². The van der Waals surface area contributed by atoms with Crippen LogP contribution in [0.3, 0.4) is 0 Å². The maximum Gasteiger partial charge on any atom is 0.129 e. The van der Waals surface area contributed by atoms with Crippen LogP contribution in [0, 0.1) is 90.3 Å².